The molecule has 0 bridgehead atoms. The van der Waals surface area contributed by atoms with Crippen molar-refractivity contribution in [3.8, 4) is 11.1 Å². The molecule has 188 valence electrons. The normalized spacial score (nSPS) is 14.1. The summed E-state index contributed by atoms with van der Waals surface area (Å²) in [5, 5.41) is 14.5. The van der Waals surface area contributed by atoms with Crippen LogP contribution in [0.15, 0.2) is 48.5 Å². The maximum Gasteiger partial charge on any atom is 0.407 e. The van der Waals surface area contributed by atoms with Gasteiger partial charge in [0.2, 0.25) is 5.91 Å². The van der Waals surface area contributed by atoms with E-state index in [1.807, 2.05) is 24.3 Å². The number of amides is 2. The van der Waals surface area contributed by atoms with Crippen LogP contribution in [-0.2, 0) is 14.3 Å². The van der Waals surface area contributed by atoms with Crippen molar-refractivity contribution in [3.63, 3.8) is 0 Å². The number of aliphatic carboxylic acids is 1. The average molecular weight is 481 g/mol. The number of ether oxygens (including phenoxy) is 1. The Morgan fingerprint density at radius 2 is 1.51 bits per heavy atom. The van der Waals surface area contributed by atoms with Gasteiger partial charge in [-0.25, -0.2) is 4.79 Å². The molecule has 0 heterocycles. The first-order valence-corrected chi connectivity index (χ1v) is 12.4. The minimum absolute atomic E-state index is 0.0268. The fourth-order valence-electron chi connectivity index (χ4n) is 4.58. The zero-order valence-electron chi connectivity index (χ0n) is 20.8. The van der Waals surface area contributed by atoms with Crippen LogP contribution in [0.3, 0.4) is 0 Å². The number of carbonyl (C=O) groups excluding carboxylic acids is 2. The second kappa shape index (κ2) is 12.4. The number of rotatable bonds is 12. The van der Waals surface area contributed by atoms with Crippen molar-refractivity contribution in [1.29, 1.82) is 0 Å². The van der Waals surface area contributed by atoms with Gasteiger partial charge in [0, 0.05) is 25.4 Å². The van der Waals surface area contributed by atoms with Crippen LogP contribution in [0, 0.1) is 17.8 Å². The predicted octanol–water partition coefficient (Wildman–Crippen LogP) is 4.80. The van der Waals surface area contributed by atoms with Gasteiger partial charge in [0.15, 0.2) is 0 Å². The molecule has 35 heavy (non-hydrogen) atoms. The van der Waals surface area contributed by atoms with Gasteiger partial charge in [0.1, 0.15) is 6.61 Å². The van der Waals surface area contributed by atoms with E-state index in [9.17, 15) is 14.4 Å². The summed E-state index contributed by atoms with van der Waals surface area (Å²) in [6, 6.07) is 16.5. The molecule has 0 spiro atoms. The second-order valence-electron chi connectivity index (χ2n) is 9.63. The first-order valence-electron chi connectivity index (χ1n) is 12.4. The van der Waals surface area contributed by atoms with E-state index in [0.717, 1.165) is 6.42 Å². The highest BCUT2D eigenvalue weighted by Crippen LogP contribution is 2.44. The summed E-state index contributed by atoms with van der Waals surface area (Å²) in [6.45, 7) is 6.64. The highest BCUT2D eigenvalue weighted by atomic mass is 16.5. The molecular weight excluding hydrogens is 444 g/mol. The molecule has 0 saturated carbocycles. The Morgan fingerprint density at radius 3 is 2.09 bits per heavy atom. The molecule has 2 aromatic carbocycles. The fourth-order valence-corrected chi connectivity index (χ4v) is 4.58. The number of fused-ring (bicyclic) bond motifs is 3. The molecule has 2 unspecified atom stereocenters. The van der Waals surface area contributed by atoms with Gasteiger partial charge < -0.3 is 20.5 Å². The Hall–Kier alpha value is -3.35. The van der Waals surface area contributed by atoms with Gasteiger partial charge in [-0.3, -0.25) is 9.59 Å². The van der Waals surface area contributed by atoms with E-state index in [1.54, 1.807) is 6.92 Å². The molecule has 0 aromatic heterocycles. The van der Waals surface area contributed by atoms with Crippen molar-refractivity contribution in [1.82, 2.24) is 10.6 Å². The highest BCUT2D eigenvalue weighted by Gasteiger charge is 2.29. The Bertz CT molecular complexity index is 990. The summed E-state index contributed by atoms with van der Waals surface area (Å²) in [6.07, 6.45) is 1.31. The SMILES string of the molecule is CC(CNC(=O)CCC(CCNC(=O)OCC1c2ccccc2-c2ccccc21)C(C)C)C(=O)O. The second-order valence-corrected chi connectivity index (χ2v) is 9.63. The maximum absolute atomic E-state index is 12.4. The van der Waals surface area contributed by atoms with Crippen molar-refractivity contribution in [3.05, 3.63) is 59.7 Å². The Labute approximate surface area is 207 Å². The summed E-state index contributed by atoms with van der Waals surface area (Å²) in [5.41, 5.74) is 4.74. The number of benzene rings is 2. The molecule has 3 N–H and O–H groups in total. The topological polar surface area (TPSA) is 105 Å². The Morgan fingerprint density at radius 1 is 0.914 bits per heavy atom. The highest BCUT2D eigenvalue weighted by molar-refractivity contribution is 5.79. The van der Waals surface area contributed by atoms with Crippen molar-refractivity contribution in [2.75, 3.05) is 19.7 Å². The maximum atomic E-state index is 12.4. The summed E-state index contributed by atoms with van der Waals surface area (Å²) in [5.74, 6) is -1.05. The van der Waals surface area contributed by atoms with E-state index in [1.165, 1.54) is 22.3 Å². The van der Waals surface area contributed by atoms with E-state index in [-0.39, 0.29) is 30.9 Å². The van der Waals surface area contributed by atoms with E-state index >= 15 is 0 Å². The molecule has 0 aliphatic heterocycles. The van der Waals surface area contributed by atoms with Crippen molar-refractivity contribution in [2.45, 2.75) is 46.0 Å². The molecule has 2 atom stereocenters. The molecule has 1 aliphatic rings. The smallest absolute Gasteiger partial charge is 0.407 e. The minimum atomic E-state index is -0.926. The third-order valence-electron chi connectivity index (χ3n) is 6.84. The number of hydrogen-bond donors (Lipinski definition) is 3. The van der Waals surface area contributed by atoms with E-state index < -0.39 is 18.0 Å². The largest absolute Gasteiger partial charge is 0.481 e. The van der Waals surface area contributed by atoms with Crippen LogP contribution in [0.1, 0.15) is 57.1 Å². The van der Waals surface area contributed by atoms with Crippen LogP contribution < -0.4 is 10.6 Å². The number of hydrogen-bond acceptors (Lipinski definition) is 4. The van der Waals surface area contributed by atoms with Crippen molar-refractivity contribution >= 4 is 18.0 Å². The van der Waals surface area contributed by atoms with Crippen LogP contribution in [0.25, 0.3) is 11.1 Å². The third-order valence-corrected chi connectivity index (χ3v) is 6.84. The van der Waals surface area contributed by atoms with E-state index in [2.05, 4.69) is 48.7 Å². The minimum Gasteiger partial charge on any atom is -0.481 e. The first-order chi connectivity index (χ1) is 16.8. The lowest BCUT2D eigenvalue weighted by molar-refractivity contribution is -0.141. The molecular formula is C28H36N2O5. The van der Waals surface area contributed by atoms with Gasteiger partial charge in [0.25, 0.3) is 0 Å². The van der Waals surface area contributed by atoms with E-state index in [4.69, 9.17) is 9.84 Å². The molecule has 2 amide bonds. The van der Waals surface area contributed by atoms with Crippen LogP contribution in [-0.4, -0.2) is 42.8 Å². The van der Waals surface area contributed by atoms with Gasteiger partial charge in [-0.15, -0.1) is 0 Å². The molecule has 0 radical (unpaired) electrons. The van der Waals surface area contributed by atoms with Gasteiger partial charge >= 0.3 is 12.1 Å². The van der Waals surface area contributed by atoms with E-state index in [0.29, 0.717) is 25.3 Å². The molecule has 7 nitrogen and oxygen atoms in total. The van der Waals surface area contributed by atoms with Crippen molar-refractivity contribution < 1.29 is 24.2 Å². The lowest BCUT2D eigenvalue weighted by Crippen LogP contribution is -2.32. The summed E-state index contributed by atoms with van der Waals surface area (Å²) in [7, 11) is 0. The fraction of sp³-hybridized carbons (Fsp3) is 0.464. The third kappa shape index (κ3) is 7.07. The molecule has 3 rings (SSSR count). The van der Waals surface area contributed by atoms with Gasteiger partial charge in [-0.2, -0.15) is 0 Å². The molecule has 2 aromatic rings. The Balaban J connectivity index is 1.42. The average Bonchev–Trinajstić information content (AvgIpc) is 3.16. The van der Waals surface area contributed by atoms with Gasteiger partial charge in [-0.1, -0.05) is 69.3 Å². The van der Waals surface area contributed by atoms with Crippen LogP contribution in [0.4, 0.5) is 4.79 Å². The summed E-state index contributed by atoms with van der Waals surface area (Å²) in [4.78, 5) is 35.3. The summed E-state index contributed by atoms with van der Waals surface area (Å²) < 4.78 is 5.59. The number of carbonyl (C=O) groups is 3. The monoisotopic (exact) mass is 480 g/mol. The number of carboxylic acid groups (broad SMARTS) is 1. The number of alkyl carbamates (subject to hydrolysis) is 1. The number of nitrogens with one attached hydrogen (secondary N) is 2. The molecule has 0 saturated heterocycles. The quantitative estimate of drug-likeness (QED) is 0.405. The van der Waals surface area contributed by atoms with Crippen LogP contribution in [0.5, 0.6) is 0 Å². The first kappa shape index (κ1) is 26.3. The van der Waals surface area contributed by atoms with Crippen molar-refractivity contribution in [2.24, 2.45) is 17.8 Å². The standard InChI is InChI=1S/C28H36N2O5/c1-18(2)20(12-13-26(31)30-16-19(3)27(32)33)14-15-29-28(34)35-17-25-23-10-6-4-8-21(23)22-9-5-7-11-24(22)25/h4-11,18-20,25H,12-17H2,1-3H3,(H,29,34)(H,30,31)(H,32,33). The number of carboxylic acids is 1. The summed E-state index contributed by atoms with van der Waals surface area (Å²) >= 11 is 0. The Kier molecular flexibility index (Phi) is 9.29. The zero-order valence-corrected chi connectivity index (χ0v) is 20.8. The van der Waals surface area contributed by atoms with Crippen LogP contribution >= 0.6 is 0 Å². The lowest BCUT2D eigenvalue weighted by Gasteiger charge is -2.21. The molecule has 0 fully saturated rings. The van der Waals surface area contributed by atoms with Gasteiger partial charge in [-0.05, 0) is 46.9 Å². The van der Waals surface area contributed by atoms with Crippen LogP contribution in [0.2, 0.25) is 0 Å². The van der Waals surface area contributed by atoms with Gasteiger partial charge in [0.05, 0.1) is 5.92 Å². The predicted molar refractivity (Wildman–Crippen MR) is 135 cm³/mol. The zero-order chi connectivity index (χ0) is 25.4. The molecule has 1 aliphatic carbocycles. The molecule has 7 heteroatoms. The lowest BCUT2D eigenvalue weighted by atomic mass is 9.88.